The molecule has 1 aromatic rings. The van der Waals surface area contributed by atoms with Crippen molar-refractivity contribution < 1.29 is 4.74 Å². The summed E-state index contributed by atoms with van der Waals surface area (Å²) in [6, 6.07) is 6.38. The van der Waals surface area contributed by atoms with Gasteiger partial charge in [-0.3, -0.25) is 0 Å². The molecule has 2 rings (SSSR count). The summed E-state index contributed by atoms with van der Waals surface area (Å²) in [5.41, 5.74) is 2.87. The average Bonchev–Trinajstić information content (AvgIpc) is 2.48. The van der Waals surface area contributed by atoms with Gasteiger partial charge in [0.1, 0.15) is 5.75 Å². The van der Waals surface area contributed by atoms with E-state index in [9.17, 15) is 0 Å². The van der Waals surface area contributed by atoms with Crippen LogP contribution in [0.1, 0.15) is 43.2 Å². The van der Waals surface area contributed by atoms with Gasteiger partial charge >= 0.3 is 0 Å². The Kier molecular flexibility index (Phi) is 5.65. The van der Waals surface area contributed by atoms with Crippen LogP contribution in [0.3, 0.4) is 0 Å². The molecule has 1 N–H and O–H groups in total. The fraction of sp³-hybridized carbons (Fsp3) is 0.667. The highest BCUT2D eigenvalue weighted by Crippen LogP contribution is 2.31. The molecule has 0 heterocycles. The zero-order chi connectivity index (χ0) is 15.3. The van der Waals surface area contributed by atoms with E-state index in [0.29, 0.717) is 5.54 Å². The third kappa shape index (κ3) is 3.98. The van der Waals surface area contributed by atoms with Crippen LogP contribution in [0.15, 0.2) is 18.2 Å². The van der Waals surface area contributed by atoms with Gasteiger partial charge in [-0.2, -0.15) is 0 Å². The quantitative estimate of drug-likeness (QED) is 0.869. The summed E-state index contributed by atoms with van der Waals surface area (Å²) in [4.78, 5) is 2.42. The van der Waals surface area contributed by atoms with E-state index in [1.54, 1.807) is 7.11 Å². The van der Waals surface area contributed by atoms with E-state index in [0.717, 1.165) is 18.8 Å². The topological polar surface area (TPSA) is 24.5 Å². The largest absolute Gasteiger partial charge is 0.496 e. The number of hydrogen-bond acceptors (Lipinski definition) is 3. The van der Waals surface area contributed by atoms with Crippen LogP contribution in [0.4, 0.5) is 0 Å². The minimum atomic E-state index is 0.329. The molecule has 0 amide bonds. The fourth-order valence-corrected chi connectivity index (χ4v) is 3.47. The molecule has 0 unspecified atom stereocenters. The van der Waals surface area contributed by atoms with Gasteiger partial charge < -0.3 is 15.0 Å². The summed E-state index contributed by atoms with van der Waals surface area (Å²) in [6.45, 7) is 4.06. The van der Waals surface area contributed by atoms with Gasteiger partial charge in [-0.05, 0) is 39.9 Å². The van der Waals surface area contributed by atoms with Gasteiger partial charge in [0.05, 0.1) is 7.11 Å². The van der Waals surface area contributed by atoms with Gasteiger partial charge in [-0.15, -0.1) is 0 Å². The first-order valence-corrected chi connectivity index (χ1v) is 8.09. The first-order valence-electron chi connectivity index (χ1n) is 8.09. The minimum absolute atomic E-state index is 0.329. The van der Waals surface area contributed by atoms with Crippen molar-refractivity contribution in [3.05, 3.63) is 29.3 Å². The van der Waals surface area contributed by atoms with Crippen molar-refractivity contribution in [2.45, 2.75) is 51.1 Å². The Bertz CT molecular complexity index is 451. The Labute approximate surface area is 129 Å². The molecule has 118 valence electrons. The maximum absolute atomic E-state index is 5.47. The van der Waals surface area contributed by atoms with Crippen LogP contribution >= 0.6 is 0 Å². The average molecular weight is 290 g/mol. The van der Waals surface area contributed by atoms with Crippen LogP contribution < -0.4 is 10.1 Å². The second-order valence-corrected chi connectivity index (χ2v) is 6.60. The number of benzene rings is 1. The van der Waals surface area contributed by atoms with Crippen molar-refractivity contribution in [3.63, 3.8) is 0 Å². The molecule has 0 aliphatic heterocycles. The van der Waals surface area contributed by atoms with E-state index in [2.05, 4.69) is 49.4 Å². The molecule has 0 spiro atoms. The van der Waals surface area contributed by atoms with E-state index in [1.807, 2.05) is 0 Å². The maximum atomic E-state index is 5.47. The molecule has 0 aromatic heterocycles. The monoisotopic (exact) mass is 290 g/mol. The van der Waals surface area contributed by atoms with Crippen molar-refractivity contribution in [3.8, 4) is 5.75 Å². The lowest BCUT2D eigenvalue weighted by Crippen LogP contribution is -2.52. The van der Waals surface area contributed by atoms with Crippen molar-refractivity contribution in [1.82, 2.24) is 10.2 Å². The Morgan fingerprint density at radius 2 is 1.90 bits per heavy atom. The third-order valence-electron chi connectivity index (χ3n) is 4.94. The van der Waals surface area contributed by atoms with Gasteiger partial charge in [0.25, 0.3) is 0 Å². The Morgan fingerprint density at radius 3 is 2.52 bits per heavy atom. The number of rotatable bonds is 6. The molecule has 3 nitrogen and oxygen atoms in total. The summed E-state index contributed by atoms with van der Waals surface area (Å²) in [5.74, 6) is 0.982. The molecule has 0 bridgehead atoms. The zero-order valence-electron chi connectivity index (χ0n) is 14.0. The fourth-order valence-electron chi connectivity index (χ4n) is 3.47. The molecule has 1 aliphatic rings. The maximum Gasteiger partial charge on any atom is 0.123 e. The van der Waals surface area contributed by atoms with Gasteiger partial charge in [0, 0.05) is 24.2 Å². The van der Waals surface area contributed by atoms with Gasteiger partial charge in [-0.1, -0.05) is 37.0 Å². The predicted molar refractivity (Wildman–Crippen MR) is 88.9 cm³/mol. The number of nitrogens with zero attached hydrogens (tertiary/aromatic N) is 1. The van der Waals surface area contributed by atoms with Crippen LogP contribution in [0.5, 0.6) is 5.75 Å². The highest BCUT2D eigenvalue weighted by molar-refractivity contribution is 5.36. The summed E-state index contributed by atoms with van der Waals surface area (Å²) >= 11 is 0. The molecule has 1 aliphatic carbocycles. The lowest BCUT2D eigenvalue weighted by Gasteiger charge is -2.43. The number of methoxy groups -OCH3 is 1. The number of ether oxygens (including phenoxy) is 1. The first-order chi connectivity index (χ1) is 10.1. The van der Waals surface area contributed by atoms with E-state index in [1.165, 1.54) is 43.2 Å². The van der Waals surface area contributed by atoms with Gasteiger partial charge in [0.15, 0.2) is 0 Å². The summed E-state index contributed by atoms with van der Waals surface area (Å²) < 4.78 is 5.47. The summed E-state index contributed by atoms with van der Waals surface area (Å²) in [5, 5.41) is 3.67. The van der Waals surface area contributed by atoms with E-state index >= 15 is 0 Å². The smallest absolute Gasteiger partial charge is 0.123 e. The van der Waals surface area contributed by atoms with Crippen LogP contribution in [0.2, 0.25) is 0 Å². The normalized spacial score (nSPS) is 18.0. The first kappa shape index (κ1) is 16.3. The van der Waals surface area contributed by atoms with Crippen molar-refractivity contribution >= 4 is 0 Å². The third-order valence-corrected chi connectivity index (χ3v) is 4.94. The summed E-state index contributed by atoms with van der Waals surface area (Å²) in [6.07, 6.45) is 6.71. The molecule has 0 atom stereocenters. The van der Waals surface area contributed by atoms with Crippen LogP contribution in [0, 0.1) is 6.92 Å². The van der Waals surface area contributed by atoms with Crippen molar-refractivity contribution in [2.24, 2.45) is 0 Å². The minimum Gasteiger partial charge on any atom is -0.496 e. The highest BCUT2D eigenvalue weighted by atomic mass is 16.5. The second-order valence-electron chi connectivity index (χ2n) is 6.60. The van der Waals surface area contributed by atoms with E-state index in [4.69, 9.17) is 4.74 Å². The van der Waals surface area contributed by atoms with Gasteiger partial charge in [-0.25, -0.2) is 0 Å². The Morgan fingerprint density at radius 1 is 1.19 bits per heavy atom. The summed E-state index contributed by atoms with van der Waals surface area (Å²) in [7, 11) is 6.19. The second kappa shape index (κ2) is 7.28. The Balaban J connectivity index is 1.98. The van der Waals surface area contributed by atoms with Crippen molar-refractivity contribution in [2.75, 3.05) is 27.7 Å². The molecular formula is C18H30N2O. The molecule has 1 fully saturated rings. The number of nitrogens with one attached hydrogen (secondary N) is 1. The standard InChI is InChI=1S/C18H30N2O/c1-15-8-9-17(21-4)16(12-15)13-19-14-18(20(2)3)10-6-5-7-11-18/h8-9,12,19H,5-7,10-11,13-14H2,1-4H3. The van der Waals surface area contributed by atoms with E-state index in [-0.39, 0.29) is 0 Å². The van der Waals surface area contributed by atoms with E-state index < -0.39 is 0 Å². The zero-order valence-corrected chi connectivity index (χ0v) is 14.0. The lowest BCUT2D eigenvalue weighted by atomic mass is 9.80. The van der Waals surface area contributed by atoms with Crippen LogP contribution in [0.25, 0.3) is 0 Å². The molecule has 1 aromatic carbocycles. The molecule has 1 saturated carbocycles. The molecule has 0 radical (unpaired) electrons. The lowest BCUT2D eigenvalue weighted by molar-refractivity contribution is 0.0983. The Hall–Kier alpha value is -1.06. The highest BCUT2D eigenvalue weighted by Gasteiger charge is 2.33. The molecule has 0 saturated heterocycles. The van der Waals surface area contributed by atoms with Crippen LogP contribution in [-0.2, 0) is 6.54 Å². The molecule has 21 heavy (non-hydrogen) atoms. The number of hydrogen-bond donors (Lipinski definition) is 1. The predicted octanol–water partition coefficient (Wildman–Crippen LogP) is 3.36. The van der Waals surface area contributed by atoms with Gasteiger partial charge in [0.2, 0.25) is 0 Å². The SMILES string of the molecule is COc1ccc(C)cc1CNCC1(N(C)C)CCCCC1. The number of aryl methyl sites for hydroxylation is 1. The molecular weight excluding hydrogens is 260 g/mol. The number of likely N-dealkylation sites (N-methyl/N-ethyl adjacent to an activating group) is 1. The van der Waals surface area contributed by atoms with Crippen LogP contribution in [-0.4, -0.2) is 38.2 Å². The van der Waals surface area contributed by atoms with Crippen molar-refractivity contribution in [1.29, 1.82) is 0 Å². The molecule has 3 heteroatoms.